The van der Waals surface area contributed by atoms with Crippen molar-refractivity contribution in [3.8, 4) is 11.1 Å². The van der Waals surface area contributed by atoms with Gasteiger partial charge in [-0.1, -0.05) is 74.4 Å². The molecule has 0 fully saturated rings. The minimum Gasteiger partial charge on any atom is -0.429 e. The molecule has 0 saturated heterocycles. The second kappa shape index (κ2) is 10.2. The van der Waals surface area contributed by atoms with Crippen molar-refractivity contribution in [1.29, 1.82) is 0 Å². The van der Waals surface area contributed by atoms with Gasteiger partial charge in [0.2, 0.25) is 0 Å². The van der Waals surface area contributed by atoms with Crippen molar-refractivity contribution >= 4 is 7.69 Å². The molecule has 2 aromatic carbocycles. The predicted molar refractivity (Wildman–Crippen MR) is 85.3 cm³/mol. The zero-order valence-electron chi connectivity index (χ0n) is 12.0. The summed E-state index contributed by atoms with van der Waals surface area (Å²) in [7, 11) is 0. The summed E-state index contributed by atoms with van der Waals surface area (Å²) in [6, 6.07) is 19.4. The molecule has 0 aliphatic carbocycles. The largest absolute Gasteiger partial charge is 0.482 e. The summed E-state index contributed by atoms with van der Waals surface area (Å²) in [4.78, 5) is 0. The fraction of sp³-hybridized carbons (Fsp3) is 0.294. The Bertz CT molecular complexity index is 471. The van der Waals surface area contributed by atoms with Gasteiger partial charge in [-0.25, -0.2) is 0 Å². The molecule has 2 nitrogen and oxygen atoms in total. The smallest absolute Gasteiger partial charge is 0.429 e. The van der Waals surface area contributed by atoms with E-state index in [0.717, 1.165) is 0 Å². The summed E-state index contributed by atoms with van der Waals surface area (Å²) in [6.45, 7) is 2.25. The van der Waals surface area contributed by atoms with E-state index in [9.17, 15) is 0 Å². The van der Waals surface area contributed by atoms with Gasteiger partial charge in [-0.15, -0.1) is 0 Å². The molecule has 0 bridgehead atoms. The lowest BCUT2D eigenvalue weighted by Crippen LogP contribution is -1.90. The summed E-state index contributed by atoms with van der Waals surface area (Å²) < 4.78 is 0. The number of benzene rings is 2. The minimum absolute atomic E-state index is 0. The SMILES string of the molecule is CCCCCc1ccccc1-c1ccccc1.O[B]O. The van der Waals surface area contributed by atoms with Crippen molar-refractivity contribution < 1.29 is 10.0 Å². The van der Waals surface area contributed by atoms with Crippen molar-refractivity contribution in [2.45, 2.75) is 32.6 Å². The van der Waals surface area contributed by atoms with Crippen molar-refractivity contribution in [3.05, 3.63) is 60.2 Å². The standard InChI is InChI=1S/C17H20.BH2O2/c1-2-3-5-10-15-13-8-9-14-17(15)16-11-6-4-7-12-16;2-1-3/h4,6-9,11-14H,2-3,5,10H2,1H3;2-3H. The first-order valence-electron chi connectivity index (χ1n) is 7.07. The fourth-order valence-corrected chi connectivity index (χ4v) is 2.20. The highest BCUT2D eigenvalue weighted by Crippen LogP contribution is 2.24. The molecular weight excluding hydrogens is 247 g/mol. The van der Waals surface area contributed by atoms with Crippen LogP contribution in [0.4, 0.5) is 0 Å². The lowest BCUT2D eigenvalue weighted by Gasteiger charge is -2.09. The van der Waals surface area contributed by atoms with Gasteiger partial charge in [-0.05, 0) is 29.5 Å². The van der Waals surface area contributed by atoms with E-state index in [2.05, 4.69) is 61.5 Å². The third-order valence-corrected chi connectivity index (χ3v) is 3.15. The van der Waals surface area contributed by atoms with E-state index in [1.807, 2.05) is 0 Å². The average Bonchev–Trinajstić information content (AvgIpc) is 2.50. The van der Waals surface area contributed by atoms with Gasteiger partial charge in [0.1, 0.15) is 0 Å². The lowest BCUT2D eigenvalue weighted by molar-refractivity contribution is 0.448. The van der Waals surface area contributed by atoms with Crippen molar-refractivity contribution in [1.82, 2.24) is 0 Å². The Hall–Kier alpha value is -1.58. The first-order valence-corrected chi connectivity index (χ1v) is 7.07. The highest BCUT2D eigenvalue weighted by molar-refractivity contribution is 6.13. The Balaban J connectivity index is 0.000000612. The maximum atomic E-state index is 7.00. The van der Waals surface area contributed by atoms with Crippen LogP contribution in [0.5, 0.6) is 0 Å². The summed E-state index contributed by atoms with van der Waals surface area (Å²) >= 11 is 0. The van der Waals surface area contributed by atoms with Crippen LogP contribution in [0.25, 0.3) is 11.1 Å². The normalized spacial score (nSPS) is 9.55. The summed E-state index contributed by atoms with van der Waals surface area (Å²) in [5.41, 5.74) is 4.20. The molecule has 0 atom stereocenters. The first kappa shape index (κ1) is 16.5. The van der Waals surface area contributed by atoms with Crippen LogP contribution in [0.1, 0.15) is 31.7 Å². The molecule has 3 heteroatoms. The number of aryl methyl sites for hydroxylation is 1. The molecule has 0 spiro atoms. The second-order valence-electron chi connectivity index (χ2n) is 4.60. The summed E-state index contributed by atoms with van der Waals surface area (Å²) in [5.74, 6) is 0. The maximum absolute atomic E-state index is 7.00. The second-order valence-corrected chi connectivity index (χ2v) is 4.60. The van der Waals surface area contributed by atoms with Gasteiger partial charge in [0.05, 0.1) is 0 Å². The van der Waals surface area contributed by atoms with Gasteiger partial charge in [0.25, 0.3) is 0 Å². The molecule has 2 N–H and O–H groups in total. The van der Waals surface area contributed by atoms with Crippen LogP contribution in [-0.2, 0) is 6.42 Å². The molecule has 20 heavy (non-hydrogen) atoms. The molecule has 0 amide bonds. The van der Waals surface area contributed by atoms with Crippen LogP contribution < -0.4 is 0 Å². The van der Waals surface area contributed by atoms with E-state index in [1.54, 1.807) is 0 Å². The van der Waals surface area contributed by atoms with Crippen LogP contribution >= 0.6 is 0 Å². The van der Waals surface area contributed by atoms with Crippen LogP contribution in [0.15, 0.2) is 54.6 Å². The molecule has 0 saturated carbocycles. The van der Waals surface area contributed by atoms with Crippen molar-refractivity contribution in [2.75, 3.05) is 0 Å². The molecule has 0 aliphatic heterocycles. The molecule has 0 aromatic heterocycles. The molecule has 0 aliphatic rings. The Labute approximate surface area is 122 Å². The van der Waals surface area contributed by atoms with Crippen LogP contribution in [-0.4, -0.2) is 17.7 Å². The Morgan fingerprint density at radius 2 is 1.45 bits per heavy atom. The monoisotopic (exact) mass is 269 g/mol. The van der Waals surface area contributed by atoms with Gasteiger partial charge < -0.3 is 10.0 Å². The number of hydrogen-bond acceptors (Lipinski definition) is 2. The topological polar surface area (TPSA) is 40.5 Å². The predicted octanol–water partition coefficient (Wildman–Crippen LogP) is 3.59. The van der Waals surface area contributed by atoms with Gasteiger partial charge in [0.15, 0.2) is 0 Å². The highest BCUT2D eigenvalue weighted by atomic mass is 16.4. The number of hydrogen-bond donors (Lipinski definition) is 2. The molecule has 1 radical (unpaired) electrons. The quantitative estimate of drug-likeness (QED) is 0.643. The fourth-order valence-electron chi connectivity index (χ4n) is 2.20. The maximum Gasteiger partial charge on any atom is 0.482 e. The Kier molecular flexibility index (Phi) is 8.44. The summed E-state index contributed by atoms with van der Waals surface area (Å²) in [5, 5.41) is 14.0. The van der Waals surface area contributed by atoms with E-state index in [0.29, 0.717) is 0 Å². The van der Waals surface area contributed by atoms with Crippen LogP contribution in [0, 0.1) is 0 Å². The van der Waals surface area contributed by atoms with E-state index in [-0.39, 0.29) is 7.69 Å². The number of unbranched alkanes of at least 4 members (excludes halogenated alkanes) is 2. The van der Waals surface area contributed by atoms with Crippen molar-refractivity contribution in [3.63, 3.8) is 0 Å². The van der Waals surface area contributed by atoms with Gasteiger partial charge in [-0.3, -0.25) is 0 Å². The molecular formula is C17H22BO2. The minimum atomic E-state index is 0. The molecule has 105 valence electrons. The lowest BCUT2D eigenvalue weighted by atomic mass is 9.96. The van der Waals surface area contributed by atoms with Crippen LogP contribution in [0.2, 0.25) is 0 Å². The molecule has 2 rings (SSSR count). The third kappa shape index (κ3) is 5.60. The van der Waals surface area contributed by atoms with E-state index in [4.69, 9.17) is 10.0 Å². The van der Waals surface area contributed by atoms with E-state index >= 15 is 0 Å². The van der Waals surface area contributed by atoms with Crippen LogP contribution in [0.3, 0.4) is 0 Å². The highest BCUT2D eigenvalue weighted by Gasteiger charge is 2.03. The first-order chi connectivity index (χ1) is 9.83. The molecule has 0 unspecified atom stereocenters. The Morgan fingerprint density at radius 1 is 0.850 bits per heavy atom. The van der Waals surface area contributed by atoms with E-state index < -0.39 is 0 Å². The van der Waals surface area contributed by atoms with Gasteiger partial charge in [0, 0.05) is 0 Å². The third-order valence-electron chi connectivity index (χ3n) is 3.15. The summed E-state index contributed by atoms with van der Waals surface area (Å²) in [6.07, 6.45) is 5.09. The van der Waals surface area contributed by atoms with Gasteiger partial charge >= 0.3 is 7.69 Å². The molecule has 2 aromatic rings. The zero-order valence-corrected chi connectivity index (χ0v) is 12.0. The van der Waals surface area contributed by atoms with Gasteiger partial charge in [-0.2, -0.15) is 0 Å². The van der Waals surface area contributed by atoms with Crippen molar-refractivity contribution in [2.24, 2.45) is 0 Å². The molecule has 0 heterocycles. The number of rotatable bonds is 5. The van der Waals surface area contributed by atoms with E-state index in [1.165, 1.54) is 42.4 Å². The zero-order chi connectivity index (χ0) is 14.6. The average molecular weight is 269 g/mol. The Morgan fingerprint density at radius 3 is 2.10 bits per heavy atom.